The van der Waals surface area contributed by atoms with Crippen molar-refractivity contribution >= 4 is 11.7 Å². The second-order valence-corrected chi connectivity index (χ2v) is 11.2. The molecule has 2 aliphatic heterocycles. The highest BCUT2D eigenvalue weighted by molar-refractivity contribution is 5.96. The monoisotopic (exact) mass is 527 g/mol. The number of nitrogens with zero attached hydrogens (tertiary/aromatic N) is 2. The first-order valence-corrected chi connectivity index (χ1v) is 14.2. The molecule has 3 aromatic carbocycles. The first kappa shape index (κ1) is 27.2. The lowest BCUT2D eigenvalue weighted by Crippen LogP contribution is -2.33. The molecule has 0 unspecified atom stereocenters. The lowest BCUT2D eigenvalue weighted by Gasteiger charge is -2.32. The fourth-order valence-electron chi connectivity index (χ4n) is 5.98. The number of likely N-dealkylation sites (tertiary alicyclic amines) is 1. The molecule has 0 aliphatic carbocycles. The maximum absolute atomic E-state index is 13.3. The van der Waals surface area contributed by atoms with Crippen molar-refractivity contribution in [3.8, 4) is 0 Å². The molecular weight excluding hydrogens is 489 g/mol. The van der Waals surface area contributed by atoms with Crippen molar-refractivity contribution in [3.63, 3.8) is 0 Å². The van der Waals surface area contributed by atoms with Gasteiger partial charge in [0.2, 0.25) is 5.91 Å². The van der Waals surface area contributed by atoms with Gasteiger partial charge in [-0.15, -0.1) is 0 Å². The van der Waals surface area contributed by atoms with Gasteiger partial charge in [0.1, 0.15) is 5.82 Å². The van der Waals surface area contributed by atoms with Crippen LogP contribution in [0.2, 0.25) is 0 Å². The zero-order chi connectivity index (χ0) is 27.2. The second kappa shape index (κ2) is 12.7. The minimum Gasteiger partial charge on any atom is -0.366 e. The van der Waals surface area contributed by atoms with Crippen LogP contribution in [-0.4, -0.2) is 41.1 Å². The van der Waals surface area contributed by atoms with Crippen LogP contribution in [0, 0.1) is 11.7 Å². The Morgan fingerprint density at radius 1 is 0.821 bits per heavy atom. The smallest absolute Gasteiger partial charge is 0.248 e. The Bertz CT molecular complexity index is 1300. The lowest BCUT2D eigenvalue weighted by atomic mass is 9.89. The fourth-order valence-corrected chi connectivity index (χ4v) is 5.98. The molecule has 0 spiro atoms. The van der Waals surface area contributed by atoms with Crippen molar-refractivity contribution in [3.05, 3.63) is 106 Å². The third-order valence-electron chi connectivity index (χ3n) is 8.27. The molecule has 0 saturated carbocycles. The number of piperidine rings is 1. The van der Waals surface area contributed by atoms with Crippen molar-refractivity contribution < 1.29 is 14.0 Å². The number of halogens is 1. The number of Topliss-reactive ketones (excluding diaryl/α,β-unsaturated/α-hetero) is 1. The number of carbonyl (C=O) groups is 2. The summed E-state index contributed by atoms with van der Waals surface area (Å²) >= 11 is 0. The predicted molar refractivity (Wildman–Crippen MR) is 152 cm³/mol. The highest BCUT2D eigenvalue weighted by atomic mass is 19.1. The summed E-state index contributed by atoms with van der Waals surface area (Å²) in [4.78, 5) is 29.4. The zero-order valence-electron chi connectivity index (χ0n) is 22.6. The summed E-state index contributed by atoms with van der Waals surface area (Å²) in [5, 5.41) is 0. The van der Waals surface area contributed by atoms with Crippen LogP contribution < -0.4 is 5.73 Å². The Morgan fingerprint density at radius 2 is 1.59 bits per heavy atom. The van der Waals surface area contributed by atoms with Gasteiger partial charge in [-0.2, -0.15) is 0 Å². The molecule has 3 aromatic rings. The fraction of sp³-hybridized carbons (Fsp3) is 0.394. The summed E-state index contributed by atoms with van der Waals surface area (Å²) < 4.78 is 13.3. The molecule has 2 N–H and O–H groups in total. The molecule has 0 bridgehead atoms. The van der Waals surface area contributed by atoms with Gasteiger partial charge in [-0.25, -0.2) is 4.39 Å². The summed E-state index contributed by atoms with van der Waals surface area (Å²) in [6, 6.07) is 20.6. The van der Waals surface area contributed by atoms with E-state index in [9.17, 15) is 14.0 Å². The first-order valence-electron chi connectivity index (χ1n) is 14.2. The van der Waals surface area contributed by atoms with Crippen molar-refractivity contribution in [1.29, 1.82) is 0 Å². The second-order valence-electron chi connectivity index (χ2n) is 11.2. The van der Waals surface area contributed by atoms with Crippen LogP contribution in [0.5, 0.6) is 0 Å². The van der Waals surface area contributed by atoms with Crippen LogP contribution in [0.25, 0.3) is 0 Å². The van der Waals surface area contributed by atoms with Gasteiger partial charge in [-0.05, 0) is 110 Å². The van der Waals surface area contributed by atoms with Gasteiger partial charge in [0.15, 0.2) is 5.78 Å². The van der Waals surface area contributed by atoms with E-state index in [4.69, 9.17) is 5.73 Å². The predicted octanol–water partition coefficient (Wildman–Crippen LogP) is 5.75. The molecule has 2 heterocycles. The average molecular weight is 528 g/mol. The molecule has 5 nitrogen and oxygen atoms in total. The minimum absolute atomic E-state index is 0.207. The summed E-state index contributed by atoms with van der Waals surface area (Å²) in [5.41, 5.74) is 11.6. The van der Waals surface area contributed by atoms with Crippen LogP contribution in [0.3, 0.4) is 0 Å². The van der Waals surface area contributed by atoms with Crippen molar-refractivity contribution in [2.24, 2.45) is 11.7 Å². The van der Waals surface area contributed by atoms with E-state index in [-0.39, 0.29) is 11.6 Å². The van der Waals surface area contributed by atoms with Crippen LogP contribution in [0.1, 0.15) is 75.1 Å². The van der Waals surface area contributed by atoms with Gasteiger partial charge in [-0.1, -0.05) is 36.4 Å². The molecule has 39 heavy (non-hydrogen) atoms. The normalized spacial score (nSPS) is 16.9. The van der Waals surface area contributed by atoms with Gasteiger partial charge in [-0.3, -0.25) is 19.4 Å². The maximum atomic E-state index is 13.3. The van der Waals surface area contributed by atoms with Crippen molar-refractivity contribution in [2.75, 3.05) is 19.6 Å². The summed E-state index contributed by atoms with van der Waals surface area (Å²) in [6.07, 6.45) is 5.80. The zero-order valence-corrected chi connectivity index (χ0v) is 22.6. The molecule has 2 aliphatic rings. The minimum atomic E-state index is -0.392. The lowest BCUT2D eigenvalue weighted by molar-refractivity contribution is 0.0959. The van der Waals surface area contributed by atoms with Gasteiger partial charge < -0.3 is 5.73 Å². The van der Waals surface area contributed by atoms with Crippen molar-refractivity contribution in [1.82, 2.24) is 9.80 Å². The van der Waals surface area contributed by atoms with Crippen LogP contribution in [-0.2, 0) is 26.1 Å². The summed E-state index contributed by atoms with van der Waals surface area (Å²) in [5.74, 6) is 0.199. The molecule has 204 valence electrons. The van der Waals surface area contributed by atoms with Crippen LogP contribution in [0.15, 0.2) is 66.7 Å². The van der Waals surface area contributed by atoms with Crippen LogP contribution >= 0.6 is 0 Å². The number of ketones is 1. The average Bonchev–Trinajstić information content (AvgIpc) is 3.15. The molecule has 1 amide bonds. The number of hydrogen-bond donors (Lipinski definition) is 1. The Balaban J connectivity index is 1.11. The van der Waals surface area contributed by atoms with Gasteiger partial charge in [0.25, 0.3) is 0 Å². The van der Waals surface area contributed by atoms with E-state index in [2.05, 4.69) is 21.9 Å². The van der Waals surface area contributed by atoms with E-state index in [0.29, 0.717) is 17.9 Å². The third kappa shape index (κ3) is 7.40. The van der Waals surface area contributed by atoms with E-state index in [1.165, 1.54) is 23.3 Å². The highest BCUT2D eigenvalue weighted by Gasteiger charge is 2.22. The Labute approximate surface area is 230 Å². The number of nitrogens with two attached hydrogens (primary N) is 1. The third-order valence-corrected chi connectivity index (χ3v) is 8.27. The Morgan fingerprint density at radius 3 is 2.36 bits per heavy atom. The molecule has 0 radical (unpaired) electrons. The number of amides is 1. The van der Waals surface area contributed by atoms with E-state index < -0.39 is 5.91 Å². The van der Waals surface area contributed by atoms with Gasteiger partial charge in [0.05, 0.1) is 0 Å². The number of hydrogen-bond acceptors (Lipinski definition) is 4. The topological polar surface area (TPSA) is 66.6 Å². The number of fused-ring (bicyclic) bond motifs is 1. The SMILES string of the molecule is NC(=O)c1cccc(CN2CCC(CCC(=O)c3ccc4c(c3)CN(Cc3ccc(F)cc3)CCC4)CC2)c1. The van der Waals surface area contributed by atoms with E-state index in [0.717, 1.165) is 88.1 Å². The number of carbonyl (C=O) groups excluding carboxylic acids is 2. The molecule has 0 aromatic heterocycles. The molecular formula is C33H38FN3O2. The Kier molecular flexibility index (Phi) is 8.84. The van der Waals surface area contributed by atoms with E-state index in [1.54, 1.807) is 6.07 Å². The number of primary amides is 1. The van der Waals surface area contributed by atoms with Crippen LogP contribution in [0.4, 0.5) is 4.39 Å². The Hall–Kier alpha value is -3.35. The summed E-state index contributed by atoms with van der Waals surface area (Å²) in [7, 11) is 0. The quantitative estimate of drug-likeness (QED) is 0.360. The standard InChI is InChI=1S/C33H38FN3O2/c34-31-11-6-25(7-12-31)21-37-16-2-5-27-9-10-28(20-30(27)23-37)32(38)13-8-24-14-17-36(18-15-24)22-26-3-1-4-29(19-26)33(35)39/h1,3-4,6-7,9-12,19-20,24H,2,5,8,13-18,21-23H2,(H2,35,39). The number of aryl methyl sites for hydroxylation is 1. The number of benzene rings is 3. The van der Waals surface area contributed by atoms with E-state index >= 15 is 0 Å². The highest BCUT2D eigenvalue weighted by Crippen LogP contribution is 2.26. The first-order chi connectivity index (χ1) is 18.9. The molecule has 6 heteroatoms. The maximum Gasteiger partial charge on any atom is 0.248 e. The largest absolute Gasteiger partial charge is 0.366 e. The number of rotatable bonds is 9. The van der Waals surface area contributed by atoms with Crippen molar-refractivity contribution in [2.45, 2.75) is 58.2 Å². The molecule has 5 rings (SSSR count). The molecule has 0 atom stereocenters. The van der Waals surface area contributed by atoms with Gasteiger partial charge >= 0.3 is 0 Å². The van der Waals surface area contributed by atoms with E-state index in [1.807, 2.05) is 36.4 Å². The molecule has 1 saturated heterocycles. The van der Waals surface area contributed by atoms with Gasteiger partial charge in [0, 0.05) is 37.2 Å². The summed E-state index contributed by atoms with van der Waals surface area (Å²) in [6.45, 7) is 5.41. The molecule has 1 fully saturated rings.